The highest BCUT2D eigenvalue weighted by molar-refractivity contribution is 5.67. The third-order valence-electron chi connectivity index (χ3n) is 3.16. The third kappa shape index (κ3) is 5.39. The summed E-state index contributed by atoms with van der Waals surface area (Å²) in [7, 11) is 0. The number of hydrogen-bond donors (Lipinski definition) is 2. The molecule has 2 N–H and O–H groups in total. The Balaban J connectivity index is 1.70. The molecule has 24 heavy (non-hydrogen) atoms. The molecule has 0 saturated heterocycles. The van der Waals surface area contributed by atoms with Crippen LogP contribution < -0.4 is 5.32 Å². The molecule has 1 amide bonds. The molecular weight excluding hydrogens is 316 g/mol. The van der Waals surface area contributed by atoms with E-state index in [4.69, 9.17) is 4.74 Å². The number of aromatic hydroxyl groups is 1. The Bertz CT molecular complexity index is 718. The summed E-state index contributed by atoms with van der Waals surface area (Å²) in [4.78, 5) is 11.5. The van der Waals surface area contributed by atoms with Crippen LogP contribution >= 0.6 is 0 Å². The van der Waals surface area contributed by atoms with Gasteiger partial charge in [0.2, 0.25) is 0 Å². The van der Waals surface area contributed by atoms with Gasteiger partial charge in [-0.3, -0.25) is 0 Å². The summed E-state index contributed by atoms with van der Waals surface area (Å²) in [5.41, 5.74) is 1.06. The molecule has 0 aliphatic heterocycles. The smallest absolute Gasteiger partial charge is 0.407 e. The molecule has 0 aliphatic rings. The maximum atomic E-state index is 13.1. The molecule has 4 nitrogen and oxygen atoms in total. The molecule has 126 valence electrons. The Morgan fingerprint density at radius 1 is 1.17 bits per heavy atom. The lowest BCUT2D eigenvalue weighted by Gasteiger charge is -2.06. The molecule has 0 fully saturated rings. The third-order valence-corrected chi connectivity index (χ3v) is 3.16. The van der Waals surface area contributed by atoms with Gasteiger partial charge in [0.1, 0.15) is 12.4 Å². The average molecular weight is 333 g/mol. The Morgan fingerprint density at radius 2 is 1.88 bits per heavy atom. The van der Waals surface area contributed by atoms with E-state index in [0.717, 1.165) is 11.6 Å². The molecule has 6 heteroatoms. The van der Waals surface area contributed by atoms with Gasteiger partial charge in [-0.1, -0.05) is 42.5 Å². The molecule has 0 heterocycles. The van der Waals surface area contributed by atoms with Crippen molar-refractivity contribution in [3.05, 3.63) is 71.3 Å². The molecule has 0 bridgehead atoms. The van der Waals surface area contributed by atoms with Crippen molar-refractivity contribution in [3.63, 3.8) is 0 Å². The van der Waals surface area contributed by atoms with Crippen LogP contribution in [-0.2, 0) is 11.3 Å². The van der Waals surface area contributed by atoms with Crippen LogP contribution in [0.1, 0.15) is 17.5 Å². The zero-order valence-electron chi connectivity index (χ0n) is 12.8. The first-order valence-corrected chi connectivity index (χ1v) is 7.35. The number of carbonyl (C=O) groups excluding carboxylic acids is 1. The molecule has 2 rings (SSSR count). The lowest BCUT2D eigenvalue weighted by Crippen LogP contribution is -2.24. The number of halogens is 2. The van der Waals surface area contributed by atoms with Crippen molar-refractivity contribution >= 4 is 12.2 Å². The van der Waals surface area contributed by atoms with Gasteiger partial charge in [-0.15, -0.1) is 0 Å². The minimum atomic E-state index is -1.10. The van der Waals surface area contributed by atoms with Crippen LogP contribution in [0.5, 0.6) is 5.75 Å². The predicted octanol–water partition coefficient (Wildman–Crippen LogP) is 4.00. The molecule has 0 aliphatic carbocycles. The second-order valence-electron chi connectivity index (χ2n) is 5.00. The van der Waals surface area contributed by atoms with Gasteiger partial charge in [0.05, 0.1) is 0 Å². The second kappa shape index (κ2) is 8.67. The van der Waals surface area contributed by atoms with E-state index in [1.165, 1.54) is 6.08 Å². The molecule has 0 unspecified atom stereocenters. The quantitative estimate of drug-likeness (QED) is 0.786. The monoisotopic (exact) mass is 333 g/mol. The number of benzene rings is 2. The summed E-state index contributed by atoms with van der Waals surface area (Å²) in [6, 6.07) is 10.9. The number of phenols is 1. The number of hydrogen-bond acceptors (Lipinski definition) is 3. The highest BCUT2D eigenvalue weighted by Crippen LogP contribution is 2.22. The molecule has 0 atom stereocenters. The Hall–Kier alpha value is -2.89. The molecule has 0 spiro atoms. The van der Waals surface area contributed by atoms with Gasteiger partial charge in [-0.05, 0) is 18.1 Å². The first-order chi connectivity index (χ1) is 11.6. The van der Waals surface area contributed by atoms with Crippen molar-refractivity contribution in [2.75, 3.05) is 6.54 Å². The van der Waals surface area contributed by atoms with E-state index in [2.05, 4.69) is 5.32 Å². The Morgan fingerprint density at radius 3 is 2.62 bits per heavy atom. The molecule has 2 aromatic rings. The number of phenolic OH excluding ortho intramolecular Hbond substituents is 1. The summed E-state index contributed by atoms with van der Waals surface area (Å²) in [5, 5.41) is 12.1. The number of rotatable bonds is 6. The molecular formula is C18H17F2NO3. The lowest BCUT2D eigenvalue weighted by molar-refractivity contribution is 0.140. The molecule has 0 aromatic heterocycles. The van der Waals surface area contributed by atoms with Gasteiger partial charge in [0.25, 0.3) is 0 Å². The minimum absolute atomic E-state index is 0.167. The van der Waals surface area contributed by atoms with Gasteiger partial charge in [0.15, 0.2) is 11.6 Å². The SMILES string of the molecule is O=C(NCCC=Cc1cc(F)c(F)cc1O)OCc1ccccc1. The van der Waals surface area contributed by atoms with E-state index in [1.807, 2.05) is 30.3 Å². The van der Waals surface area contributed by atoms with Crippen LogP contribution in [0.4, 0.5) is 13.6 Å². The average Bonchev–Trinajstić information content (AvgIpc) is 2.58. The first kappa shape index (κ1) is 17.5. The fourth-order valence-corrected chi connectivity index (χ4v) is 1.93. The van der Waals surface area contributed by atoms with E-state index in [1.54, 1.807) is 6.08 Å². The number of alkyl carbamates (subject to hydrolysis) is 1. The Labute approximate surface area is 138 Å². The van der Waals surface area contributed by atoms with Crippen LogP contribution in [0.25, 0.3) is 6.08 Å². The van der Waals surface area contributed by atoms with E-state index in [-0.39, 0.29) is 17.9 Å². The molecule has 2 aromatic carbocycles. The standard InChI is InChI=1S/C18H17F2NO3/c19-15-10-14(17(22)11-16(15)20)8-4-5-9-21-18(23)24-12-13-6-2-1-3-7-13/h1-4,6-8,10-11,22H,5,9,12H2,(H,21,23). The highest BCUT2D eigenvalue weighted by Gasteiger charge is 2.06. The first-order valence-electron chi connectivity index (χ1n) is 7.35. The minimum Gasteiger partial charge on any atom is -0.507 e. The summed E-state index contributed by atoms with van der Waals surface area (Å²) in [5.74, 6) is -2.48. The van der Waals surface area contributed by atoms with Crippen molar-refractivity contribution in [3.8, 4) is 5.75 Å². The van der Waals surface area contributed by atoms with Crippen LogP contribution in [0.3, 0.4) is 0 Å². The number of nitrogens with one attached hydrogen (secondary N) is 1. The van der Waals surface area contributed by atoms with Crippen molar-refractivity contribution in [2.24, 2.45) is 0 Å². The van der Waals surface area contributed by atoms with Crippen LogP contribution in [0, 0.1) is 11.6 Å². The van der Waals surface area contributed by atoms with Gasteiger partial charge >= 0.3 is 6.09 Å². The summed E-state index contributed by atoms with van der Waals surface area (Å²) in [6.45, 7) is 0.500. The normalized spacial score (nSPS) is 10.8. The van der Waals surface area contributed by atoms with Crippen LogP contribution in [0.2, 0.25) is 0 Å². The number of carbonyl (C=O) groups is 1. The van der Waals surface area contributed by atoms with Crippen molar-refractivity contribution in [2.45, 2.75) is 13.0 Å². The highest BCUT2D eigenvalue weighted by atomic mass is 19.2. The van der Waals surface area contributed by atoms with Crippen molar-refractivity contribution in [1.29, 1.82) is 0 Å². The van der Waals surface area contributed by atoms with Crippen LogP contribution in [-0.4, -0.2) is 17.7 Å². The Kier molecular flexibility index (Phi) is 6.31. The summed E-state index contributed by atoms with van der Waals surface area (Å²) >= 11 is 0. The van der Waals surface area contributed by atoms with E-state index < -0.39 is 17.7 Å². The molecule has 0 radical (unpaired) electrons. The van der Waals surface area contributed by atoms with E-state index in [9.17, 15) is 18.7 Å². The van der Waals surface area contributed by atoms with Crippen molar-refractivity contribution < 1.29 is 23.4 Å². The second-order valence-corrected chi connectivity index (χ2v) is 5.00. The fraction of sp³-hybridized carbons (Fsp3) is 0.167. The fourth-order valence-electron chi connectivity index (χ4n) is 1.93. The van der Waals surface area contributed by atoms with E-state index in [0.29, 0.717) is 19.0 Å². The largest absolute Gasteiger partial charge is 0.507 e. The topological polar surface area (TPSA) is 58.6 Å². The molecule has 0 saturated carbocycles. The lowest BCUT2D eigenvalue weighted by atomic mass is 10.1. The zero-order valence-corrected chi connectivity index (χ0v) is 12.8. The van der Waals surface area contributed by atoms with E-state index >= 15 is 0 Å². The maximum Gasteiger partial charge on any atom is 0.407 e. The van der Waals surface area contributed by atoms with Gasteiger partial charge in [-0.25, -0.2) is 13.6 Å². The van der Waals surface area contributed by atoms with Crippen LogP contribution in [0.15, 0.2) is 48.5 Å². The number of ether oxygens (including phenoxy) is 1. The summed E-state index contributed by atoms with van der Waals surface area (Å²) in [6.07, 6.45) is 2.99. The van der Waals surface area contributed by atoms with Gasteiger partial charge < -0.3 is 15.2 Å². The van der Waals surface area contributed by atoms with Gasteiger partial charge in [0, 0.05) is 18.2 Å². The summed E-state index contributed by atoms with van der Waals surface area (Å²) < 4.78 is 31.0. The predicted molar refractivity (Wildman–Crippen MR) is 86.3 cm³/mol. The number of amides is 1. The maximum absolute atomic E-state index is 13.1. The van der Waals surface area contributed by atoms with Crippen molar-refractivity contribution in [1.82, 2.24) is 5.32 Å². The zero-order chi connectivity index (χ0) is 17.4. The van der Waals surface area contributed by atoms with Gasteiger partial charge in [-0.2, -0.15) is 0 Å².